The molecule has 2 fully saturated rings. The average Bonchev–Trinajstić information content (AvgIpc) is 3.00. The van der Waals surface area contributed by atoms with Crippen LogP contribution in [0.15, 0.2) is 0 Å². The molecule has 0 N–H and O–H groups in total. The molecule has 5 heteroatoms. The van der Waals surface area contributed by atoms with E-state index in [0.717, 1.165) is 12.8 Å². The number of piperidine rings is 1. The molecule has 1 aliphatic heterocycles. The summed E-state index contributed by atoms with van der Waals surface area (Å²) >= 11 is 0. The molecule has 2 nitrogen and oxygen atoms in total. The largest absolute Gasteiger partial charge is 0.391 e. The van der Waals surface area contributed by atoms with Crippen LogP contribution < -0.4 is 0 Å². The lowest BCUT2D eigenvalue weighted by molar-refractivity contribution is -0.185. The van der Waals surface area contributed by atoms with E-state index in [1.54, 1.807) is 0 Å². The van der Waals surface area contributed by atoms with Gasteiger partial charge in [-0.1, -0.05) is 0 Å². The fourth-order valence-electron chi connectivity index (χ4n) is 2.17. The molecule has 0 amide bonds. The van der Waals surface area contributed by atoms with Crippen LogP contribution in [0.5, 0.6) is 0 Å². The van der Waals surface area contributed by atoms with Gasteiger partial charge in [-0.15, -0.1) is 0 Å². The fourth-order valence-corrected chi connectivity index (χ4v) is 2.17. The number of halogens is 3. The van der Waals surface area contributed by atoms with Crippen LogP contribution >= 0.6 is 0 Å². The Morgan fingerprint density at radius 1 is 1.12 bits per heavy atom. The number of ketones is 1. The molecule has 0 aromatic heterocycles. The summed E-state index contributed by atoms with van der Waals surface area (Å²) in [5.74, 6) is -0.745. The number of Topliss-reactive ketones (excluding diaryl/α,β-unsaturated/α-hetero) is 1. The van der Waals surface area contributed by atoms with Crippen LogP contribution in [-0.2, 0) is 4.79 Å². The summed E-state index contributed by atoms with van der Waals surface area (Å²) in [4.78, 5) is 13.4. The van der Waals surface area contributed by atoms with Crippen molar-refractivity contribution in [3.8, 4) is 0 Å². The zero-order chi connectivity index (χ0) is 11.8. The van der Waals surface area contributed by atoms with Crippen molar-refractivity contribution in [3.63, 3.8) is 0 Å². The number of carbonyl (C=O) groups excluding carboxylic acids is 1. The lowest BCUT2D eigenvalue weighted by Gasteiger charge is -2.32. The molecule has 16 heavy (non-hydrogen) atoms. The summed E-state index contributed by atoms with van der Waals surface area (Å²) in [5, 5.41) is 0. The van der Waals surface area contributed by atoms with Gasteiger partial charge in [0.05, 0.1) is 12.5 Å². The second-order valence-corrected chi connectivity index (χ2v) is 4.83. The van der Waals surface area contributed by atoms with Crippen LogP contribution in [0.1, 0.15) is 25.7 Å². The Hall–Kier alpha value is -0.580. The Bertz CT molecular complexity index is 265. The summed E-state index contributed by atoms with van der Waals surface area (Å²) in [5.41, 5.74) is 0. The van der Waals surface area contributed by atoms with E-state index in [4.69, 9.17) is 0 Å². The molecule has 1 saturated heterocycles. The van der Waals surface area contributed by atoms with Crippen LogP contribution in [0.4, 0.5) is 13.2 Å². The molecule has 0 aromatic rings. The maximum absolute atomic E-state index is 12.4. The zero-order valence-corrected chi connectivity index (χ0v) is 9.09. The number of carbonyl (C=O) groups is 1. The van der Waals surface area contributed by atoms with Crippen molar-refractivity contribution in [1.29, 1.82) is 0 Å². The first-order valence-corrected chi connectivity index (χ1v) is 5.78. The normalized spacial score (nSPS) is 24.7. The quantitative estimate of drug-likeness (QED) is 0.747. The Morgan fingerprint density at radius 2 is 1.69 bits per heavy atom. The summed E-state index contributed by atoms with van der Waals surface area (Å²) in [7, 11) is 0. The minimum absolute atomic E-state index is 0.140. The fraction of sp³-hybridized carbons (Fsp3) is 0.909. The molecule has 0 bridgehead atoms. The van der Waals surface area contributed by atoms with Crippen LogP contribution in [0.25, 0.3) is 0 Å². The van der Waals surface area contributed by atoms with Crippen LogP contribution in [-0.4, -0.2) is 36.5 Å². The van der Waals surface area contributed by atoms with Gasteiger partial charge < -0.3 is 0 Å². The van der Waals surface area contributed by atoms with Gasteiger partial charge >= 0.3 is 6.18 Å². The Morgan fingerprint density at radius 3 is 2.12 bits per heavy atom. The molecule has 0 aromatic carbocycles. The molecule has 0 atom stereocenters. The highest BCUT2D eigenvalue weighted by molar-refractivity contribution is 5.84. The minimum atomic E-state index is -4.06. The number of hydrogen-bond donors (Lipinski definition) is 0. The van der Waals surface area contributed by atoms with E-state index >= 15 is 0 Å². The minimum Gasteiger partial charge on any atom is -0.298 e. The van der Waals surface area contributed by atoms with Crippen molar-refractivity contribution in [1.82, 2.24) is 4.90 Å². The van der Waals surface area contributed by atoms with E-state index < -0.39 is 12.1 Å². The standard InChI is InChI=1S/C11H16F3NO/c12-11(13,14)9-3-5-15(6-4-9)7-10(16)8-1-2-8/h8-9H,1-7H2. The van der Waals surface area contributed by atoms with Gasteiger partial charge in [0.25, 0.3) is 0 Å². The molecule has 2 aliphatic rings. The SMILES string of the molecule is O=C(CN1CCC(C(F)(F)F)CC1)C1CC1. The number of likely N-dealkylation sites (tertiary alicyclic amines) is 1. The van der Waals surface area contributed by atoms with Crippen molar-refractivity contribution in [2.45, 2.75) is 31.9 Å². The molecule has 2 rings (SSSR count). The van der Waals surface area contributed by atoms with Gasteiger partial charge in [-0.2, -0.15) is 13.2 Å². The number of hydrogen-bond acceptors (Lipinski definition) is 2. The molecule has 0 spiro atoms. The first-order chi connectivity index (χ1) is 7.47. The number of rotatable bonds is 3. The molecule has 1 heterocycles. The van der Waals surface area contributed by atoms with Crippen molar-refractivity contribution in [2.75, 3.05) is 19.6 Å². The molecule has 92 valence electrons. The Labute approximate surface area is 92.8 Å². The zero-order valence-electron chi connectivity index (χ0n) is 9.09. The van der Waals surface area contributed by atoms with Crippen molar-refractivity contribution >= 4 is 5.78 Å². The van der Waals surface area contributed by atoms with E-state index in [0.29, 0.717) is 19.6 Å². The maximum Gasteiger partial charge on any atom is 0.391 e. The van der Waals surface area contributed by atoms with Crippen LogP contribution in [0.3, 0.4) is 0 Å². The summed E-state index contributed by atoms with van der Waals surface area (Å²) < 4.78 is 37.2. The third-order valence-corrected chi connectivity index (χ3v) is 3.46. The highest BCUT2D eigenvalue weighted by Crippen LogP contribution is 2.35. The average molecular weight is 235 g/mol. The van der Waals surface area contributed by atoms with Gasteiger partial charge in [-0.05, 0) is 38.8 Å². The lowest BCUT2D eigenvalue weighted by atomic mass is 9.96. The van der Waals surface area contributed by atoms with Crippen molar-refractivity contribution in [3.05, 3.63) is 0 Å². The highest BCUT2D eigenvalue weighted by Gasteiger charge is 2.41. The van der Waals surface area contributed by atoms with Gasteiger partial charge in [0.15, 0.2) is 0 Å². The molecular formula is C11H16F3NO. The topological polar surface area (TPSA) is 20.3 Å². The molecule has 1 aliphatic carbocycles. The van der Waals surface area contributed by atoms with E-state index in [1.807, 2.05) is 4.90 Å². The third kappa shape index (κ3) is 2.97. The van der Waals surface area contributed by atoms with Crippen molar-refractivity contribution in [2.24, 2.45) is 11.8 Å². The Balaban J connectivity index is 1.74. The maximum atomic E-state index is 12.4. The molecule has 0 unspecified atom stereocenters. The summed E-state index contributed by atoms with van der Waals surface area (Å²) in [6, 6.07) is 0. The summed E-state index contributed by atoms with van der Waals surface area (Å²) in [6.07, 6.45) is -1.84. The second-order valence-electron chi connectivity index (χ2n) is 4.83. The van der Waals surface area contributed by atoms with Crippen LogP contribution in [0.2, 0.25) is 0 Å². The second kappa shape index (κ2) is 4.35. The molecule has 1 saturated carbocycles. The van der Waals surface area contributed by atoms with Gasteiger partial charge in [0.2, 0.25) is 0 Å². The highest BCUT2D eigenvalue weighted by atomic mass is 19.4. The van der Waals surface area contributed by atoms with E-state index in [9.17, 15) is 18.0 Å². The summed E-state index contributed by atoms with van der Waals surface area (Å²) in [6.45, 7) is 1.17. The van der Waals surface area contributed by atoms with Gasteiger partial charge in [0, 0.05) is 5.92 Å². The van der Waals surface area contributed by atoms with E-state index in [1.165, 1.54) is 0 Å². The van der Waals surface area contributed by atoms with Gasteiger partial charge in [-0.3, -0.25) is 9.69 Å². The van der Waals surface area contributed by atoms with Gasteiger partial charge in [0.1, 0.15) is 5.78 Å². The Kier molecular flexibility index (Phi) is 3.24. The number of nitrogens with zero attached hydrogens (tertiary/aromatic N) is 1. The molecule has 0 radical (unpaired) electrons. The predicted octanol–water partition coefficient (Wildman–Crippen LogP) is 2.24. The monoisotopic (exact) mass is 235 g/mol. The molecular weight excluding hydrogens is 219 g/mol. The first-order valence-electron chi connectivity index (χ1n) is 5.78. The smallest absolute Gasteiger partial charge is 0.298 e. The van der Waals surface area contributed by atoms with E-state index in [2.05, 4.69) is 0 Å². The predicted molar refractivity (Wildman–Crippen MR) is 53.0 cm³/mol. The third-order valence-electron chi connectivity index (χ3n) is 3.46. The lowest BCUT2D eigenvalue weighted by Crippen LogP contribution is -2.41. The van der Waals surface area contributed by atoms with Gasteiger partial charge in [-0.25, -0.2) is 0 Å². The van der Waals surface area contributed by atoms with E-state index in [-0.39, 0.29) is 24.5 Å². The van der Waals surface area contributed by atoms with Crippen LogP contribution in [0, 0.1) is 11.8 Å². The van der Waals surface area contributed by atoms with Crippen molar-refractivity contribution < 1.29 is 18.0 Å². The number of alkyl halides is 3. The first kappa shape index (κ1) is 11.9.